The zero-order chi connectivity index (χ0) is 13.2. The number of esters is 1. The molecule has 1 aliphatic rings. The zero-order valence-electron chi connectivity index (χ0n) is 10.6. The minimum absolute atomic E-state index is 0.0435. The summed E-state index contributed by atoms with van der Waals surface area (Å²) in [7, 11) is 0. The first-order valence-electron chi connectivity index (χ1n) is 6.28. The third-order valence-electron chi connectivity index (χ3n) is 3.24. The van der Waals surface area contributed by atoms with Crippen LogP contribution >= 0.6 is 0 Å². The summed E-state index contributed by atoms with van der Waals surface area (Å²) in [6, 6.07) is 9.48. The minimum Gasteiger partial charge on any atom is -0.455 e. The SMILES string of the molecule is CC1CC1C(=O)OCc1nnc(-c2ccccc2)o1. The van der Waals surface area contributed by atoms with Crippen LogP contribution in [0.15, 0.2) is 34.7 Å². The second-order valence-electron chi connectivity index (χ2n) is 4.79. The monoisotopic (exact) mass is 258 g/mol. The fourth-order valence-corrected chi connectivity index (χ4v) is 1.90. The van der Waals surface area contributed by atoms with Crippen molar-refractivity contribution in [1.29, 1.82) is 0 Å². The second-order valence-corrected chi connectivity index (χ2v) is 4.79. The zero-order valence-corrected chi connectivity index (χ0v) is 10.6. The van der Waals surface area contributed by atoms with Gasteiger partial charge in [0.2, 0.25) is 5.89 Å². The molecule has 5 nitrogen and oxygen atoms in total. The van der Waals surface area contributed by atoms with Crippen molar-refractivity contribution in [3.05, 3.63) is 36.2 Å². The summed E-state index contributed by atoms with van der Waals surface area (Å²) in [5, 5.41) is 7.80. The predicted octanol–water partition coefficient (Wildman–Crippen LogP) is 2.44. The normalized spacial score (nSPS) is 21.1. The molecular formula is C14H14N2O3. The predicted molar refractivity (Wildman–Crippen MR) is 66.8 cm³/mol. The van der Waals surface area contributed by atoms with Crippen molar-refractivity contribution in [1.82, 2.24) is 10.2 Å². The number of hydrogen-bond donors (Lipinski definition) is 0. The second kappa shape index (κ2) is 4.84. The Labute approximate surface area is 110 Å². The molecule has 0 aliphatic heterocycles. The molecule has 5 heteroatoms. The highest BCUT2D eigenvalue weighted by atomic mass is 16.5. The molecule has 1 aliphatic carbocycles. The topological polar surface area (TPSA) is 65.2 Å². The van der Waals surface area contributed by atoms with Crippen LogP contribution in [0.3, 0.4) is 0 Å². The van der Waals surface area contributed by atoms with Gasteiger partial charge in [-0.1, -0.05) is 25.1 Å². The van der Waals surface area contributed by atoms with Gasteiger partial charge in [-0.3, -0.25) is 4.79 Å². The third-order valence-corrected chi connectivity index (χ3v) is 3.24. The summed E-state index contributed by atoms with van der Waals surface area (Å²) in [5.41, 5.74) is 0.850. The number of hydrogen-bond acceptors (Lipinski definition) is 5. The molecule has 1 aromatic heterocycles. The molecule has 2 aromatic rings. The lowest BCUT2D eigenvalue weighted by Gasteiger charge is -1.99. The van der Waals surface area contributed by atoms with Gasteiger partial charge in [0.05, 0.1) is 5.92 Å². The Balaban J connectivity index is 1.61. The van der Waals surface area contributed by atoms with Crippen molar-refractivity contribution >= 4 is 5.97 Å². The van der Waals surface area contributed by atoms with Crippen molar-refractivity contribution in [3.63, 3.8) is 0 Å². The van der Waals surface area contributed by atoms with E-state index in [1.165, 1.54) is 0 Å². The van der Waals surface area contributed by atoms with Crippen LogP contribution in [0.1, 0.15) is 19.2 Å². The summed E-state index contributed by atoms with van der Waals surface area (Å²) in [5.74, 6) is 1.07. The molecular weight excluding hydrogens is 244 g/mol. The van der Waals surface area contributed by atoms with E-state index < -0.39 is 0 Å². The molecule has 0 saturated heterocycles. The first kappa shape index (κ1) is 11.9. The van der Waals surface area contributed by atoms with Crippen LogP contribution in [0.2, 0.25) is 0 Å². The average Bonchev–Trinajstić information content (AvgIpc) is 3.00. The van der Waals surface area contributed by atoms with Crippen LogP contribution < -0.4 is 0 Å². The molecule has 0 spiro atoms. The highest BCUT2D eigenvalue weighted by Gasteiger charge is 2.40. The van der Waals surface area contributed by atoms with Gasteiger partial charge in [-0.05, 0) is 24.5 Å². The van der Waals surface area contributed by atoms with Crippen LogP contribution in [0.5, 0.6) is 0 Å². The summed E-state index contributed by atoms with van der Waals surface area (Å²) < 4.78 is 10.6. The lowest BCUT2D eigenvalue weighted by Crippen LogP contribution is -2.07. The van der Waals surface area contributed by atoms with Crippen molar-refractivity contribution < 1.29 is 13.9 Å². The Bertz CT molecular complexity index is 579. The van der Waals surface area contributed by atoms with Crippen molar-refractivity contribution in [2.45, 2.75) is 20.0 Å². The summed E-state index contributed by atoms with van der Waals surface area (Å²) >= 11 is 0. The first-order valence-corrected chi connectivity index (χ1v) is 6.28. The lowest BCUT2D eigenvalue weighted by molar-refractivity contribution is -0.147. The quantitative estimate of drug-likeness (QED) is 0.788. The molecule has 19 heavy (non-hydrogen) atoms. The van der Waals surface area contributed by atoms with Crippen molar-refractivity contribution in [2.24, 2.45) is 11.8 Å². The van der Waals surface area contributed by atoms with Gasteiger partial charge in [0.15, 0.2) is 6.61 Å². The van der Waals surface area contributed by atoms with E-state index in [-0.39, 0.29) is 18.5 Å². The maximum absolute atomic E-state index is 11.6. The summed E-state index contributed by atoms with van der Waals surface area (Å²) in [6.07, 6.45) is 0.915. The van der Waals surface area contributed by atoms with E-state index in [4.69, 9.17) is 9.15 Å². The van der Waals surface area contributed by atoms with Crippen LogP contribution in [0.25, 0.3) is 11.5 Å². The maximum Gasteiger partial charge on any atom is 0.309 e. The number of ether oxygens (including phenoxy) is 1. The number of aromatic nitrogens is 2. The molecule has 2 unspecified atom stereocenters. The molecule has 1 aromatic carbocycles. The van der Waals surface area contributed by atoms with Crippen LogP contribution in [-0.4, -0.2) is 16.2 Å². The van der Waals surface area contributed by atoms with Gasteiger partial charge in [-0.25, -0.2) is 0 Å². The molecule has 2 atom stereocenters. The Kier molecular flexibility index (Phi) is 3.03. The van der Waals surface area contributed by atoms with Gasteiger partial charge in [-0.15, -0.1) is 10.2 Å². The van der Waals surface area contributed by atoms with Crippen LogP contribution in [-0.2, 0) is 16.1 Å². The highest BCUT2D eigenvalue weighted by Crippen LogP contribution is 2.38. The Morgan fingerprint density at radius 2 is 2.11 bits per heavy atom. The average molecular weight is 258 g/mol. The molecule has 0 N–H and O–H groups in total. The minimum atomic E-state index is -0.174. The van der Waals surface area contributed by atoms with Gasteiger partial charge in [0.25, 0.3) is 5.89 Å². The van der Waals surface area contributed by atoms with E-state index in [1.807, 2.05) is 37.3 Å². The number of carbonyl (C=O) groups excluding carboxylic acids is 1. The molecule has 0 amide bonds. The van der Waals surface area contributed by atoms with Gasteiger partial charge >= 0.3 is 5.97 Å². The van der Waals surface area contributed by atoms with Gasteiger partial charge < -0.3 is 9.15 Å². The first-order chi connectivity index (χ1) is 9.24. The van der Waals surface area contributed by atoms with E-state index in [0.29, 0.717) is 17.7 Å². The smallest absolute Gasteiger partial charge is 0.309 e. The van der Waals surface area contributed by atoms with Gasteiger partial charge in [0.1, 0.15) is 0 Å². The molecule has 1 saturated carbocycles. The Hall–Kier alpha value is -2.17. The van der Waals surface area contributed by atoms with E-state index in [9.17, 15) is 4.79 Å². The fourth-order valence-electron chi connectivity index (χ4n) is 1.90. The Morgan fingerprint density at radius 3 is 2.79 bits per heavy atom. The fraction of sp³-hybridized carbons (Fsp3) is 0.357. The van der Waals surface area contributed by atoms with E-state index >= 15 is 0 Å². The summed E-state index contributed by atoms with van der Waals surface area (Å²) in [6.45, 7) is 2.08. The van der Waals surface area contributed by atoms with Crippen molar-refractivity contribution in [2.75, 3.05) is 0 Å². The number of rotatable bonds is 4. The third kappa shape index (κ3) is 2.65. The highest BCUT2D eigenvalue weighted by molar-refractivity contribution is 5.75. The largest absolute Gasteiger partial charge is 0.455 e. The van der Waals surface area contributed by atoms with E-state index in [2.05, 4.69) is 10.2 Å². The summed E-state index contributed by atoms with van der Waals surface area (Å²) in [4.78, 5) is 11.6. The van der Waals surface area contributed by atoms with Gasteiger partial charge in [0, 0.05) is 5.56 Å². The number of benzene rings is 1. The molecule has 98 valence electrons. The molecule has 0 bridgehead atoms. The number of nitrogens with zero attached hydrogens (tertiary/aromatic N) is 2. The lowest BCUT2D eigenvalue weighted by atomic mass is 10.2. The molecule has 1 fully saturated rings. The van der Waals surface area contributed by atoms with Crippen molar-refractivity contribution in [3.8, 4) is 11.5 Å². The Morgan fingerprint density at radius 1 is 1.37 bits per heavy atom. The molecule has 3 rings (SSSR count). The van der Waals surface area contributed by atoms with Crippen LogP contribution in [0.4, 0.5) is 0 Å². The standard InChI is InChI=1S/C14H14N2O3/c1-9-7-11(9)14(17)18-8-12-15-16-13(19-12)10-5-3-2-4-6-10/h2-6,9,11H,7-8H2,1H3. The van der Waals surface area contributed by atoms with Crippen LogP contribution in [0, 0.1) is 11.8 Å². The van der Waals surface area contributed by atoms with Gasteiger partial charge in [-0.2, -0.15) is 0 Å². The maximum atomic E-state index is 11.6. The van der Waals surface area contributed by atoms with E-state index in [0.717, 1.165) is 12.0 Å². The van der Waals surface area contributed by atoms with E-state index in [1.54, 1.807) is 0 Å². The molecule has 1 heterocycles. The molecule has 0 radical (unpaired) electrons. The number of carbonyl (C=O) groups is 1.